The predicted molar refractivity (Wildman–Crippen MR) is 90.4 cm³/mol. The van der Waals surface area contributed by atoms with Gasteiger partial charge < -0.3 is 15.7 Å². The van der Waals surface area contributed by atoms with Gasteiger partial charge in [-0.2, -0.15) is 0 Å². The number of nitrogens with one attached hydrogen (secondary N) is 2. The SMILES string of the molecule is Cc1ccc(NC(=O)C(=O)NCC(O)C2CCCCC2)cc1Cl. The topological polar surface area (TPSA) is 78.4 Å². The van der Waals surface area contributed by atoms with Crippen molar-refractivity contribution < 1.29 is 14.7 Å². The van der Waals surface area contributed by atoms with Crippen molar-refractivity contribution in [1.29, 1.82) is 0 Å². The Kier molecular flexibility index (Phi) is 6.42. The second kappa shape index (κ2) is 8.31. The molecule has 0 heterocycles. The molecule has 1 atom stereocenters. The number of aryl methyl sites for hydroxylation is 1. The van der Waals surface area contributed by atoms with Crippen LogP contribution < -0.4 is 10.6 Å². The molecule has 1 saturated carbocycles. The maximum absolute atomic E-state index is 11.8. The lowest BCUT2D eigenvalue weighted by Gasteiger charge is -2.26. The van der Waals surface area contributed by atoms with Crippen molar-refractivity contribution in [3.63, 3.8) is 0 Å². The molecular weight excluding hydrogens is 316 g/mol. The first kappa shape index (κ1) is 17.8. The number of aliphatic hydroxyl groups is 1. The fourth-order valence-electron chi connectivity index (χ4n) is 2.82. The molecule has 1 aliphatic rings. The van der Waals surface area contributed by atoms with E-state index in [-0.39, 0.29) is 12.5 Å². The number of hydrogen-bond acceptors (Lipinski definition) is 3. The maximum atomic E-state index is 11.8. The van der Waals surface area contributed by atoms with Gasteiger partial charge in [0.05, 0.1) is 6.10 Å². The molecule has 5 nitrogen and oxygen atoms in total. The summed E-state index contributed by atoms with van der Waals surface area (Å²) in [4.78, 5) is 23.7. The fraction of sp³-hybridized carbons (Fsp3) is 0.529. The number of halogens is 1. The molecule has 0 spiro atoms. The van der Waals surface area contributed by atoms with E-state index in [1.165, 1.54) is 6.42 Å². The van der Waals surface area contributed by atoms with Crippen LogP contribution in [-0.2, 0) is 9.59 Å². The molecule has 2 amide bonds. The zero-order valence-electron chi connectivity index (χ0n) is 13.3. The molecule has 1 aromatic rings. The van der Waals surface area contributed by atoms with Gasteiger partial charge in [0.1, 0.15) is 0 Å². The zero-order chi connectivity index (χ0) is 16.8. The standard InChI is InChI=1S/C17H23ClN2O3/c1-11-7-8-13(9-14(11)18)20-17(23)16(22)19-10-15(21)12-5-3-2-4-6-12/h7-9,12,15,21H,2-6,10H2,1H3,(H,19,22)(H,20,23). The van der Waals surface area contributed by atoms with E-state index in [0.717, 1.165) is 31.2 Å². The number of carbonyl (C=O) groups excluding carboxylic acids is 2. The normalized spacial score (nSPS) is 16.7. The molecule has 1 aromatic carbocycles. The fourth-order valence-corrected chi connectivity index (χ4v) is 3.00. The second-order valence-electron chi connectivity index (χ2n) is 6.09. The Morgan fingerprint density at radius 1 is 1.26 bits per heavy atom. The van der Waals surface area contributed by atoms with E-state index < -0.39 is 17.9 Å². The van der Waals surface area contributed by atoms with Gasteiger partial charge in [-0.15, -0.1) is 0 Å². The number of rotatable bonds is 4. The summed E-state index contributed by atoms with van der Waals surface area (Å²) in [5.41, 5.74) is 1.36. The monoisotopic (exact) mass is 338 g/mol. The van der Waals surface area contributed by atoms with E-state index >= 15 is 0 Å². The number of amides is 2. The highest BCUT2D eigenvalue weighted by atomic mass is 35.5. The smallest absolute Gasteiger partial charge is 0.313 e. The quantitative estimate of drug-likeness (QED) is 0.738. The first-order chi connectivity index (χ1) is 11.0. The Labute approximate surface area is 141 Å². The summed E-state index contributed by atoms with van der Waals surface area (Å²) < 4.78 is 0. The second-order valence-corrected chi connectivity index (χ2v) is 6.50. The van der Waals surface area contributed by atoms with Crippen molar-refractivity contribution in [3.8, 4) is 0 Å². The lowest BCUT2D eigenvalue weighted by atomic mass is 9.85. The van der Waals surface area contributed by atoms with Crippen LogP contribution in [0, 0.1) is 12.8 Å². The minimum absolute atomic E-state index is 0.103. The first-order valence-corrected chi connectivity index (χ1v) is 8.38. The molecule has 2 rings (SSSR count). The molecular formula is C17H23ClN2O3. The third-order valence-electron chi connectivity index (χ3n) is 4.30. The average molecular weight is 339 g/mol. The van der Waals surface area contributed by atoms with Gasteiger partial charge in [0.15, 0.2) is 0 Å². The van der Waals surface area contributed by atoms with Gasteiger partial charge in [-0.25, -0.2) is 0 Å². The Morgan fingerprint density at radius 2 is 1.96 bits per heavy atom. The molecule has 0 aliphatic heterocycles. The molecule has 3 N–H and O–H groups in total. The minimum atomic E-state index is -0.763. The van der Waals surface area contributed by atoms with E-state index in [1.807, 2.05) is 6.92 Å². The van der Waals surface area contributed by atoms with Crippen molar-refractivity contribution in [2.24, 2.45) is 5.92 Å². The molecule has 6 heteroatoms. The molecule has 1 unspecified atom stereocenters. The number of hydrogen-bond donors (Lipinski definition) is 3. The third-order valence-corrected chi connectivity index (χ3v) is 4.71. The van der Waals surface area contributed by atoms with Crippen molar-refractivity contribution in [2.45, 2.75) is 45.1 Å². The average Bonchev–Trinajstić information content (AvgIpc) is 2.56. The summed E-state index contributed by atoms with van der Waals surface area (Å²) in [6.45, 7) is 1.96. The van der Waals surface area contributed by atoms with Crippen molar-refractivity contribution >= 4 is 29.1 Å². The highest BCUT2D eigenvalue weighted by Crippen LogP contribution is 2.26. The van der Waals surface area contributed by atoms with E-state index in [2.05, 4.69) is 10.6 Å². The first-order valence-electron chi connectivity index (χ1n) is 8.01. The van der Waals surface area contributed by atoms with Gasteiger partial charge in [0, 0.05) is 17.3 Å². The summed E-state index contributed by atoms with van der Waals surface area (Å²) in [6.07, 6.45) is 4.79. The molecule has 0 bridgehead atoms. The summed E-state index contributed by atoms with van der Waals surface area (Å²) >= 11 is 5.98. The van der Waals surface area contributed by atoms with Gasteiger partial charge in [-0.1, -0.05) is 36.9 Å². The van der Waals surface area contributed by atoms with Crippen molar-refractivity contribution in [2.75, 3.05) is 11.9 Å². The van der Waals surface area contributed by atoms with Crippen LogP contribution in [0.3, 0.4) is 0 Å². The van der Waals surface area contributed by atoms with Crippen LogP contribution in [0.5, 0.6) is 0 Å². The summed E-state index contributed by atoms with van der Waals surface area (Å²) in [6, 6.07) is 5.05. The summed E-state index contributed by atoms with van der Waals surface area (Å²) in [5, 5.41) is 15.6. The van der Waals surface area contributed by atoms with Gasteiger partial charge in [0.2, 0.25) is 0 Å². The maximum Gasteiger partial charge on any atom is 0.313 e. The Hall–Kier alpha value is -1.59. The van der Waals surface area contributed by atoms with Gasteiger partial charge >= 0.3 is 11.8 Å². The van der Waals surface area contributed by atoms with Crippen LogP contribution in [0.4, 0.5) is 5.69 Å². The molecule has 1 aliphatic carbocycles. The Morgan fingerprint density at radius 3 is 2.61 bits per heavy atom. The van der Waals surface area contributed by atoms with Gasteiger partial charge in [-0.3, -0.25) is 9.59 Å². The predicted octanol–water partition coefficient (Wildman–Crippen LogP) is 2.64. The van der Waals surface area contributed by atoms with Crippen molar-refractivity contribution in [3.05, 3.63) is 28.8 Å². The number of anilines is 1. The van der Waals surface area contributed by atoms with Crippen LogP contribution in [0.25, 0.3) is 0 Å². The summed E-state index contributed by atoms with van der Waals surface area (Å²) in [5.74, 6) is -1.31. The largest absolute Gasteiger partial charge is 0.391 e. The van der Waals surface area contributed by atoms with E-state index in [9.17, 15) is 14.7 Å². The van der Waals surface area contributed by atoms with Crippen LogP contribution in [0.2, 0.25) is 5.02 Å². The number of benzene rings is 1. The Balaban J connectivity index is 1.80. The Bertz CT molecular complexity index is 571. The highest BCUT2D eigenvalue weighted by molar-refractivity contribution is 6.39. The lowest BCUT2D eigenvalue weighted by molar-refractivity contribution is -0.136. The number of carbonyl (C=O) groups is 2. The third kappa shape index (κ3) is 5.22. The highest BCUT2D eigenvalue weighted by Gasteiger charge is 2.23. The van der Waals surface area contributed by atoms with Crippen LogP contribution in [0.1, 0.15) is 37.7 Å². The number of aliphatic hydroxyl groups excluding tert-OH is 1. The van der Waals surface area contributed by atoms with Crippen LogP contribution >= 0.6 is 11.6 Å². The zero-order valence-corrected chi connectivity index (χ0v) is 14.0. The van der Waals surface area contributed by atoms with E-state index in [0.29, 0.717) is 10.7 Å². The molecule has 0 saturated heterocycles. The van der Waals surface area contributed by atoms with E-state index in [4.69, 9.17) is 11.6 Å². The molecule has 0 aromatic heterocycles. The molecule has 23 heavy (non-hydrogen) atoms. The van der Waals surface area contributed by atoms with Gasteiger partial charge in [0.25, 0.3) is 0 Å². The molecule has 126 valence electrons. The van der Waals surface area contributed by atoms with E-state index in [1.54, 1.807) is 18.2 Å². The summed E-state index contributed by atoms with van der Waals surface area (Å²) in [7, 11) is 0. The molecule has 1 fully saturated rings. The lowest BCUT2D eigenvalue weighted by Crippen LogP contribution is -2.42. The molecule has 0 radical (unpaired) electrons. The van der Waals surface area contributed by atoms with Gasteiger partial charge in [-0.05, 0) is 43.4 Å². The van der Waals surface area contributed by atoms with Crippen molar-refractivity contribution in [1.82, 2.24) is 5.32 Å². The van der Waals surface area contributed by atoms with Crippen LogP contribution in [-0.4, -0.2) is 29.6 Å². The minimum Gasteiger partial charge on any atom is -0.391 e. The van der Waals surface area contributed by atoms with Crippen LogP contribution in [0.15, 0.2) is 18.2 Å².